The van der Waals surface area contributed by atoms with Crippen molar-refractivity contribution in [2.75, 3.05) is 0 Å². The average molecular weight is 270 g/mol. The van der Waals surface area contributed by atoms with E-state index in [0.717, 1.165) is 21.9 Å². The Labute approximate surface area is 115 Å². The summed E-state index contributed by atoms with van der Waals surface area (Å²) in [6.45, 7) is 1.74. The van der Waals surface area contributed by atoms with Gasteiger partial charge in [-0.15, -0.1) is 0 Å². The van der Waals surface area contributed by atoms with Gasteiger partial charge in [0.05, 0.1) is 6.42 Å². The molecular weight excluding hydrogens is 256 g/mol. The molecule has 0 aliphatic rings. The van der Waals surface area contributed by atoms with Crippen LogP contribution in [-0.4, -0.2) is 17.2 Å². The first-order chi connectivity index (χ1) is 9.63. The quantitative estimate of drug-likeness (QED) is 0.782. The summed E-state index contributed by atoms with van der Waals surface area (Å²) in [4.78, 5) is 10.7. The molecule has 0 amide bonds. The Kier molecular flexibility index (Phi) is 3.06. The second-order valence-corrected chi connectivity index (χ2v) is 4.78. The lowest BCUT2D eigenvalue weighted by atomic mass is 10.1. The van der Waals surface area contributed by atoms with E-state index in [2.05, 4.69) is 0 Å². The second kappa shape index (κ2) is 4.89. The fraction of sp³-hybridized carbons (Fsp3) is 0.188. The molecule has 1 unspecified atom stereocenters. The van der Waals surface area contributed by atoms with Crippen LogP contribution in [-0.2, 0) is 4.79 Å². The summed E-state index contributed by atoms with van der Waals surface area (Å²) < 4.78 is 11.4. The largest absolute Gasteiger partial charge is 0.490 e. The number of carboxylic acid groups (broad SMARTS) is 1. The number of aliphatic carboxylic acids is 1. The minimum Gasteiger partial charge on any atom is -0.490 e. The van der Waals surface area contributed by atoms with Gasteiger partial charge in [0.15, 0.2) is 0 Å². The summed E-state index contributed by atoms with van der Waals surface area (Å²) in [6, 6.07) is 13.3. The minimum atomic E-state index is -0.868. The van der Waals surface area contributed by atoms with Crippen molar-refractivity contribution in [3.8, 4) is 5.75 Å². The number of ether oxygens (including phenoxy) is 1. The molecule has 1 heterocycles. The summed E-state index contributed by atoms with van der Waals surface area (Å²) in [7, 11) is 0. The molecule has 3 rings (SSSR count). The lowest BCUT2D eigenvalue weighted by molar-refractivity contribution is -0.138. The molecule has 0 spiro atoms. The highest BCUT2D eigenvalue weighted by Gasteiger charge is 2.11. The van der Waals surface area contributed by atoms with Crippen LogP contribution in [0.25, 0.3) is 21.9 Å². The Morgan fingerprint density at radius 3 is 2.75 bits per heavy atom. The van der Waals surface area contributed by atoms with Gasteiger partial charge < -0.3 is 14.3 Å². The standard InChI is InChI=1S/C16H14O4/c1-10(8-16(17)18)19-11-6-7-15-13(9-11)12-4-2-3-5-14(12)20-15/h2-7,9-10H,8H2,1H3,(H,17,18). The highest BCUT2D eigenvalue weighted by atomic mass is 16.5. The number of furan rings is 1. The van der Waals surface area contributed by atoms with E-state index in [9.17, 15) is 4.79 Å². The van der Waals surface area contributed by atoms with E-state index >= 15 is 0 Å². The van der Waals surface area contributed by atoms with Gasteiger partial charge in [-0.25, -0.2) is 0 Å². The highest BCUT2D eigenvalue weighted by Crippen LogP contribution is 2.31. The molecule has 0 aliphatic heterocycles. The van der Waals surface area contributed by atoms with Crippen LogP contribution in [0.15, 0.2) is 46.9 Å². The number of hydrogen-bond acceptors (Lipinski definition) is 3. The molecule has 1 N–H and O–H groups in total. The Bertz CT molecular complexity index is 772. The van der Waals surface area contributed by atoms with Crippen molar-refractivity contribution < 1.29 is 19.1 Å². The maximum Gasteiger partial charge on any atom is 0.307 e. The van der Waals surface area contributed by atoms with Crippen LogP contribution in [0, 0.1) is 0 Å². The van der Waals surface area contributed by atoms with Gasteiger partial charge in [0.1, 0.15) is 23.0 Å². The van der Waals surface area contributed by atoms with E-state index in [-0.39, 0.29) is 12.5 Å². The van der Waals surface area contributed by atoms with Gasteiger partial charge >= 0.3 is 5.97 Å². The molecule has 0 saturated carbocycles. The zero-order valence-corrected chi connectivity index (χ0v) is 11.0. The summed E-state index contributed by atoms with van der Waals surface area (Å²) in [5.41, 5.74) is 1.63. The van der Waals surface area contributed by atoms with Crippen LogP contribution in [0.5, 0.6) is 5.75 Å². The zero-order valence-electron chi connectivity index (χ0n) is 11.0. The summed E-state index contributed by atoms with van der Waals surface area (Å²) in [6.07, 6.45) is -0.396. The van der Waals surface area contributed by atoms with Crippen molar-refractivity contribution in [3.63, 3.8) is 0 Å². The van der Waals surface area contributed by atoms with E-state index in [4.69, 9.17) is 14.3 Å². The number of para-hydroxylation sites is 1. The van der Waals surface area contributed by atoms with Crippen LogP contribution in [0.2, 0.25) is 0 Å². The number of fused-ring (bicyclic) bond motifs is 3. The molecule has 4 heteroatoms. The molecule has 0 bridgehead atoms. The van der Waals surface area contributed by atoms with E-state index in [1.807, 2.05) is 36.4 Å². The molecule has 20 heavy (non-hydrogen) atoms. The molecule has 102 valence electrons. The van der Waals surface area contributed by atoms with E-state index in [0.29, 0.717) is 5.75 Å². The van der Waals surface area contributed by atoms with Gasteiger partial charge in [-0.05, 0) is 31.2 Å². The molecule has 0 aliphatic carbocycles. The molecule has 4 nitrogen and oxygen atoms in total. The predicted octanol–water partition coefficient (Wildman–Crippen LogP) is 3.83. The fourth-order valence-corrected chi connectivity index (χ4v) is 2.30. The molecule has 0 saturated heterocycles. The summed E-state index contributed by atoms with van der Waals surface area (Å²) in [5, 5.41) is 10.7. The first-order valence-corrected chi connectivity index (χ1v) is 6.43. The number of rotatable bonds is 4. The third kappa shape index (κ3) is 2.32. The first kappa shape index (κ1) is 12.5. The van der Waals surface area contributed by atoms with Crippen molar-refractivity contribution in [3.05, 3.63) is 42.5 Å². The predicted molar refractivity (Wildman–Crippen MR) is 76.1 cm³/mol. The van der Waals surface area contributed by atoms with Crippen molar-refractivity contribution in [2.24, 2.45) is 0 Å². The number of carbonyl (C=O) groups is 1. The van der Waals surface area contributed by atoms with Crippen LogP contribution in [0.4, 0.5) is 0 Å². The number of benzene rings is 2. The zero-order chi connectivity index (χ0) is 14.1. The first-order valence-electron chi connectivity index (χ1n) is 6.43. The second-order valence-electron chi connectivity index (χ2n) is 4.78. The van der Waals surface area contributed by atoms with E-state index in [1.54, 1.807) is 13.0 Å². The van der Waals surface area contributed by atoms with Gasteiger partial charge in [0.25, 0.3) is 0 Å². The van der Waals surface area contributed by atoms with Crippen molar-refractivity contribution in [2.45, 2.75) is 19.4 Å². The number of carboxylic acids is 1. The van der Waals surface area contributed by atoms with Gasteiger partial charge in [-0.3, -0.25) is 4.79 Å². The smallest absolute Gasteiger partial charge is 0.307 e. The van der Waals surface area contributed by atoms with Gasteiger partial charge in [0.2, 0.25) is 0 Å². The molecule has 3 aromatic rings. The lowest BCUT2D eigenvalue weighted by Crippen LogP contribution is -2.16. The van der Waals surface area contributed by atoms with E-state index < -0.39 is 5.97 Å². The third-order valence-electron chi connectivity index (χ3n) is 3.15. The highest BCUT2D eigenvalue weighted by molar-refractivity contribution is 6.05. The summed E-state index contributed by atoms with van der Waals surface area (Å²) >= 11 is 0. The Morgan fingerprint density at radius 2 is 1.95 bits per heavy atom. The van der Waals surface area contributed by atoms with Gasteiger partial charge in [-0.2, -0.15) is 0 Å². The molecule has 2 aromatic carbocycles. The minimum absolute atomic E-state index is 0.0236. The van der Waals surface area contributed by atoms with Crippen LogP contribution >= 0.6 is 0 Å². The monoisotopic (exact) mass is 270 g/mol. The van der Waals surface area contributed by atoms with Gasteiger partial charge in [-0.1, -0.05) is 18.2 Å². The Morgan fingerprint density at radius 1 is 1.20 bits per heavy atom. The third-order valence-corrected chi connectivity index (χ3v) is 3.15. The Balaban J connectivity index is 1.97. The average Bonchev–Trinajstić information content (AvgIpc) is 2.76. The SMILES string of the molecule is CC(CC(=O)O)Oc1ccc2oc3ccccc3c2c1. The van der Waals surface area contributed by atoms with Crippen LogP contribution in [0.1, 0.15) is 13.3 Å². The topological polar surface area (TPSA) is 59.7 Å². The molecule has 1 aromatic heterocycles. The normalized spacial score (nSPS) is 12.7. The Hall–Kier alpha value is -2.49. The molecule has 1 atom stereocenters. The van der Waals surface area contributed by atoms with Crippen molar-refractivity contribution in [1.29, 1.82) is 0 Å². The van der Waals surface area contributed by atoms with Crippen molar-refractivity contribution >= 4 is 27.9 Å². The van der Waals surface area contributed by atoms with Gasteiger partial charge in [0, 0.05) is 10.8 Å². The molecular formula is C16H14O4. The maximum absolute atomic E-state index is 10.7. The number of hydrogen-bond donors (Lipinski definition) is 1. The van der Waals surface area contributed by atoms with Crippen LogP contribution in [0.3, 0.4) is 0 Å². The lowest BCUT2D eigenvalue weighted by Gasteiger charge is -2.12. The summed E-state index contributed by atoms with van der Waals surface area (Å²) in [5.74, 6) is -0.217. The van der Waals surface area contributed by atoms with Crippen LogP contribution < -0.4 is 4.74 Å². The van der Waals surface area contributed by atoms with E-state index in [1.165, 1.54) is 0 Å². The fourth-order valence-electron chi connectivity index (χ4n) is 2.30. The molecule has 0 radical (unpaired) electrons. The maximum atomic E-state index is 10.7. The van der Waals surface area contributed by atoms with Crippen molar-refractivity contribution in [1.82, 2.24) is 0 Å². The molecule has 0 fully saturated rings.